The number of halogens is 2. The molecule has 1 aliphatic heterocycles. The smallest absolute Gasteiger partial charge is 0.165 e. The van der Waals surface area contributed by atoms with E-state index in [1.165, 1.54) is 0 Å². The maximum absolute atomic E-state index is 13.5. The Morgan fingerprint density at radius 1 is 1.22 bits per heavy atom. The van der Waals surface area contributed by atoms with E-state index >= 15 is 0 Å². The van der Waals surface area contributed by atoms with E-state index in [1.807, 2.05) is 20.8 Å². The molecule has 0 N–H and O–H groups in total. The molecule has 1 aliphatic rings. The van der Waals surface area contributed by atoms with Gasteiger partial charge in [0, 0.05) is 5.56 Å². The fourth-order valence-corrected chi connectivity index (χ4v) is 1.63. The third-order valence-corrected chi connectivity index (χ3v) is 2.55. The lowest BCUT2D eigenvalue weighted by atomic mass is 10.1. The highest BCUT2D eigenvalue weighted by Gasteiger charge is 2.24. The summed E-state index contributed by atoms with van der Waals surface area (Å²) in [6.45, 7) is 6.81. The van der Waals surface area contributed by atoms with E-state index in [2.05, 4.69) is 0 Å². The van der Waals surface area contributed by atoms with E-state index in [4.69, 9.17) is 9.47 Å². The summed E-state index contributed by atoms with van der Waals surface area (Å²) in [4.78, 5) is 0. The lowest BCUT2D eigenvalue weighted by Gasteiger charge is -2.28. The standard InChI is InChI=1S/C12H14F2O2.C2H6/c1-2-3-9-10(13)4-5-11(14)12(9)16-8-6-15-7-8;1-2/h4-5,8H,2-3,6-7H2,1H3;1-2H3. The van der Waals surface area contributed by atoms with E-state index < -0.39 is 11.6 Å². The molecule has 2 nitrogen and oxygen atoms in total. The highest BCUT2D eigenvalue weighted by Crippen LogP contribution is 2.28. The van der Waals surface area contributed by atoms with Gasteiger partial charge in [-0.05, 0) is 18.6 Å². The second-order valence-electron chi connectivity index (χ2n) is 3.86. The maximum Gasteiger partial charge on any atom is 0.165 e. The summed E-state index contributed by atoms with van der Waals surface area (Å²) in [6.07, 6.45) is 1.08. The van der Waals surface area contributed by atoms with E-state index in [1.54, 1.807) is 0 Å². The fourth-order valence-electron chi connectivity index (χ4n) is 1.63. The topological polar surface area (TPSA) is 18.5 Å². The van der Waals surface area contributed by atoms with E-state index in [0.29, 0.717) is 25.2 Å². The SMILES string of the molecule is CC.CCCc1c(F)ccc(F)c1OC1COC1. The van der Waals surface area contributed by atoms with Gasteiger partial charge in [-0.25, -0.2) is 8.78 Å². The van der Waals surface area contributed by atoms with Crippen molar-refractivity contribution in [3.05, 3.63) is 29.3 Å². The summed E-state index contributed by atoms with van der Waals surface area (Å²) in [5, 5.41) is 0. The average molecular weight is 258 g/mol. The predicted molar refractivity (Wildman–Crippen MR) is 66.9 cm³/mol. The van der Waals surface area contributed by atoms with Crippen LogP contribution in [0.3, 0.4) is 0 Å². The van der Waals surface area contributed by atoms with Gasteiger partial charge in [0.25, 0.3) is 0 Å². The molecule has 0 bridgehead atoms. The van der Waals surface area contributed by atoms with Gasteiger partial charge >= 0.3 is 0 Å². The predicted octanol–water partition coefficient (Wildman–Crippen LogP) is 3.72. The van der Waals surface area contributed by atoms with Crippen molar-refractivity contribution in [3.8, 4) is 5.75 Å². The molecule has 1 saturated heterocycles. The number of rotatable bonds is 4. The third-order valence-electron chi connectivity index (χ3n) is 2.55. The fraction of sp³-hybridized carbons (Fsp3) is 0.571. The minimum atomic E-state index is -0.503. The Kier molecular flexibility index (Phi) is 6.05. The molecule has 4 heteroatoms. The molecule has 0 radical (unpaired) electrons. The summed E-state index contributed by atoms with van der Waals surface area (Å²) in [5.41, 5.74) is 0.328. The molecule has 0 atom stereocenters. The second kappa shape index (κ2) is 7.31. The second-order valence-corrected chi connectivity index (χ2v) is 3.86. The quantitative estimate of drug-likeness (QED) is 0.819. The molecule has 1 fully saturated rings. The molecule has 1 aromatic rings. The van der Waals surface area contributed by atoms with Gasteiger partial charge in [0.1, 0.15) is 11.9 Å². The van der Waals surface area contributed by atoms with Crippen LogP contribution >= 0.6 is 0 Å². The molecule has 0 spiro atoms. The van der Waals surface area contributed by atoms with E-state index in [0.717, 1.165) is 18.6 Å². The summed E-state index contributed by atoms with van der Waals surface area (Å²) in [5.74, 6) is -0.856. The van der Waals surface area contributed by atoms with Crippen molar-refractivity contribution >= 4 is 0 Å². The summed E-state index contributed by atoms with van der Waals surface area (Å²) < 4.78 is 37.4. The zero-order chi connectivity index (χ0) is 13.5. The van der Waals surface area contributed by atoms with E-state index in [9.17, 15) is 8.78 Å². The van der Waals surface area contributed by atoms with Crippen LogP contribution in [0.4, 0.5) is 8.78 Å². The monoisotopic (exact) mass is 258 g/mol. The van der Waals surface area contributed by atoms with Crippen molar-refractivity contribution in [1.29, 1.82) is 0 Å². The van der Waals surface area contributed by atoms with Crippen molar-refractivity contribution in [2.45, 2.75) is 39.7 Å². The van der Waals surface area contributed by atoms with Crippen molar-refractivity contribution in [2.75, 3.05) is 13.2 Å². The minimum Gasteiger partial charge on any atom is -0.482 e. The molecule has 0 unspecified atom stereocenters. The number of hydrogen-bond donors (Lipinski definition) is 0. The van der Waals surface area contributed by atoms with Crippen LogP contribution in [-0.4, -0.2) is 19.3 Å². The Balaban J connectivity index is 0.000000771. The molecular formula is C14H20F2O2. The molecule has 0 saturated carbocycles. The first-order valence-electron chi connectivity index (χ1n) is 6.43. The van der Waals surface area contributed by atoms with Crippen LogP contribution in [0.1, 0.15) is 32.8 Å². The normalized spacial score (nSPS) is 14.5. The zero-order valence-corrected chi connectivity index (χ0v) is 11.1. The van der Waals surface area contributed by atoms with Crippen LogP contribution in [0.15, 0.2) is 12.1 Å². The molecule has 102 valence electrons. The minimum absolute atomic E-state index is 0.0511. The largest absolute Gasteiger partial charge is 0.482 e. The van der Waals surface area contributed by atoms with Gasteiger partial charge in [0.05, 0.1) is 13.2 Å². The third kappa shape index (κ3) is 3.42. The van der Waals surface area contributed by atoms with Crippen LogP contribution in [0.2, 0.25) is 0 Å². The Labute approximate surface area is 107 Å². The van der Waals surface area contributed by atoms with Crippen LogP contribution in [0, 0.1) is 11.6 Å². The number of hydrogen-bond acceptors (Lipinski definition) is 2. The van der Waals surface area contributed by atoms with Gasteiger partial charge in [0.2, 0.25) is 0 Å². The Bertz CT molecular complexity index is 376. The van der Waals surface area contributed by atoms with E-state index in [-0.39, 0.29) is 11.9 Å². The molecule has 2 rings (SSSR count). The van der Waals surface area contributed by atoms with Gasteiger partial charge in [0.15, 0.2) is 11.6 Å². The molecule has 0 amide bonds. The number of ether oxygens (including phenoxy) is 2. The Morgan fingerprint density at radius 3 is 2.33 bits per heavy atom. The van der Waals surface area contributed by atoms with Gasteiger partial charge in [-0.2, -0.15) is 0 Å². The van der Waals surface area contributed by atoms with Crippen molar-refractivity contribution < 1.29 is 18.3 Å². The van der Waals surface area contributed by atoms with Crippen molar-refractivity contribution in [2.24, 2.45) is 0 Å². The highest BCUT2D eigenvalue weighted by atomic mass is 19.1. The van der Waals surface area contributed by atoms with Crippen molar-refractivity contribution in [1.82, 2.24) is 0 Å². The number of benzene rings is 1. The summed E-state index contributed by atoms with van der Waals surface area (Å²) >= 11 is 0. The van der Waals surface area contributed by atoms with Gasteiger partial charge in [-0.1, -0.05) is 27.2 Å². The molecular weight excluding hydrogens is 238 g/mol. The molecule has 1 heterocycles. The van der Waals surface area contributed by atoms with Gasteiger partial charge < -0.3 is 9.47 Å². The van der Waals surface area contributed by atoms with Crippen molar-refractivity contribution in [3.63, 3.8) is 0 Å². The molecule has 0 aromatic heterocycles. The first kappa shape index (κ1) is 14.9. The lowest BCUT2D eigenvalue weighted by molar-refractivity contribution is -0.0813. The zero-order valence-electron chi connectivity index (χ0n) is 11.1. The average Bonchev–Trinajstić information content (AvgIpc) is 2.34. The highest BCUT2D eigenvalue weighted by molar-refractivity contribution is 5.36. The maximum atomic E-state index is 13.5. The first-order valence-corrected chi connectivity index (χ1v) is 6.43. The molecule has 0 aliphatic carbocycles. The van der Waals surface area contributed by atoms with Crippen LogP contribution in [-0.2, 0) is 11.2 Å². The summed E-state index contributed by atoms with van der Waals surface area (Å²) in [6, 6.07) is 2.24. The Morgan fingerprint density at radius 2 is 1.83 bits per heavy atom. The molecule has 18 heavy (non-hydrogen) atoms. The molecule has 1 aromatic carbocycles. The Hall–Kier alpha value is -1.16. The van der Waals surface area contributed by atoms with Gasteiger partial charge in [-0.15, -0.1) is 0 Å². The van der Waals surface area contributed by atoms with Crippen LogP contribution in [0.5, 0.6) is 5.75 Å². The first-order chi connectivity index (χ1) is 8.72. The lowest BCUT2D eigenvalue weighted by Crippen LogP contribution is -2.39. The summed E-state index contributed by atoms with van der Waals surface area (Å²) in [7, 11) is 0. The van der Waals surface area contributed by atoms with Crippen LogP contribution < -0.4 is 4.74 Å². The van der Waals surface area contributed by atoms with Gasteiger partial charge in [-0.3, -0.25) is 0 Å². The van der Waals surface area contributed by atoms with Crippen LogP contribution in [0.25, 0.3) is 0 Å².